The Morgan fingerprint density at radius 1 is 1.07 bits per heavy atom. The van der Waals surface area contributed by atoms with Crippen molar-refractivity contribution in [2.75, 3.05) is 33.3 Å². The molecule has 1 amide bonds. The highest BCUT2D eigenvalue weighted by Crippen LogP contribution is 2.38. The smallest absolute Gasteiger partial charge is 0.228 e. The number of aryl methyl sites for hydroxylation is 1. The number of thiazole rings is 1. The summed E-state index contributed by atoms with van der Waals surface area (Å²) < 4.78 is 17.1. The van der Waals surface area contributed by atoms with Gasteiger partial charge in [0.25, 0.3) is 0 Å². The Morgan fingerprint density at radius 3 is 2.33 bits per heavy atom. The van der Waals surface area contributed by atoms with E-state index in [0.717, 1.165) is 15.8 Å². The predicted octanol–water partition coefficient (Wildman–Crippen LogP) is 3.92. The molecule has 0 unspecified atom stereocenters. The molecule has 7 heteroatoms. The van der Waals surface area contributed by atoms with E-state index in [9.17, 15) is 4.79 Å². The van der Waals surface area contributed by atoms with E-state index in [2.05, 4.69) is 4.98 Å². The van der Waals surface area contributed by atoms with Gasteiger partial charge in [0, 0.05) is 13.5 Å². The second-order valence-electron chi connectivity index (χ2n) is 5.95. The Labute approximate surface area is 162 Å². The summed E-state index contributed by atoms with van der Waals surface area (Å²) in [6.07, 6.45) is 0.913. The van der Waals surface area contributed by atoms with Gasteiger partial charge in [-0.3, -0.25) is 9.69 Å². The Kier molecular flexibility index (Phi) is 5.81. The Morgan fingerprint density at radius 2 is 1.74 bits per heavy atom. The highest BCUT2D eigenvalue weighted by molar-refractivity contribution is 7.22. The molecule has 0 aliphatic carbocycles. The molecule has 142 valence electrons. The molecule has 27 heavy (non-hydrogen) atoms. The number of carbonyl (C=O) groups excluding carboxylic acids is 1. The lowest BCUT2D eigenvalue weighted by atomic mass is 10.1. The summed E-state index contributed by atoms with van der Waals surface area (Å²) in [6.45, 7) is 0. The van der Waals surface area contributed by atoms with Gasteiger partial charge in [-0.15, -0.1) is 0 Å². The van der Waals surface area contributed by atoms with E-state index in [-0.39, 0.29) is 5.91 Å². The van der Waals surface area contributed by atoms with Crippen molar-refractivity contribution in [2.45, 2.75) is 12.8 Å². The van der Waals surface area contributed by atoms with Crippen LogP contribution in [0, 0.1) is 0 Å². The maximum Gasteiger partial charge on any atom is 0.228 e. The zero-order chi connectivity index (χ0) is 19.4. The van der Waals surface area contributed by atoms with Crippen molar-refractivity contribution in [3.63, 3.8) is 0 Å². The van der Waals surface area contributed by atoms with E-state index >= 15 is 0 Å². The first-order valence-electron chi connectivity index (χ1n) is 8.48. The number of aromatic nitrogens is 1. The molecular weight excluding hydrogens is 364 g/mol. The van der Waals surface area contributed by atoms with Gasteiger partial charge < -0.3 is 14.2 Å². The molecule has 0 N–H and O–H groups in total. The van der Waals surface area contributed by atoms with Crippen LogP contribution in [0.3, 0.4) is 0 Å². The van der Waals surface area contributed by atoms with Crippen molar-refractivity contribution in [1.82, 2.24) is 4.98 Å². The molecule has 0 radical (unpaired) electrons. The number of rotatable bonds is 7. The number of carbonyl (C=O) groups is 1. The van der Waals surface area contributed by atoms with E-state index in [0.29, 0.717) is 35.2 Å². The number of ether oxygens (including phenoxy) is 3. The lowest BCUT2D eigenvalue weighted by Gasteiger charge is -2.16. The van der Waals surface area contributed by atoms with Crippen molar-refractivity contribution < 1.29 is 19.0 Å². The number of nitrogens with zero attached hydrogens (tertiary/aromatic N) is 2. The highest BCUT2D eigenvalue weighted by Gasteiger charge is 2.17. The van der Waals surface area contributed by atoms with Gasteiger partial charge in [-0.2, -0.15) is 0 Å². The zero-order valence-corrected chi connectivity index (χ0v) is 16.6. The molecule has 0 aliphatic heterocycles. The fourth-order valence-electron chi connectivity index (χ4n) is 2.81. The molecule has 0 atom stereocenters. The molecule has 0 bridgehead atoms. The summed E-state index contributed by atoms with van der Waals surface area (Å²) >= 11 is 1.51. The number of anilines is 1. The van der Waals surface area contributed by atoms with Gasteiger partial charge in [0.2, 0.25) is 11.7 Å². The van der Waals surface area contributed by atoms with Crippen LogP contribution in [0.25, 0.3) is 10.2 Å². The number of amides is 1. The van der Waals surface area contributed by atoms with Gasteiger partial charge in [0.1, 0.15) is 0 Å². The minimum Gasteiger partial charge on any atom is -0.493 e. The third-order valence-corrected chi connectivity index (χ3v) is 5.41. The van der Waals surface area contributed by atoms with Gasteiger partial charge >= 0.3 is 0 Å². The first-order valence-corrected chi connectivity index (χ1v) is 9.30. The van der Waals surface area contributed by atoms with Crippen LogP contribution < -0.4 is 19.1 Å². The molecule has 1 aromatic heterocycles. The van der Waals surface area contributed by atoms with Gasteiger partial charge in [0.15, 0.2) is 16.6 Å². The molecule has 6 nitrogen and oxygen atoms in total. The molecule has 2 aromatic carbocycles. The van der Waals surface area contributed by atoms with Crippen molar-refractivity contribution in [3.05, 3.63) is 42.0 Å². The third kappa shape index (κ3) is 3.98. The quantitative estimate of drug-likeness (QED) is 0.616. The van der Waals surface area contributed by atoms with Crippen LogP contribution in [0.4, 0.5) is 5.13 Å². The number of hydrogen-bond acceptors (Lipinski definition) is 6. The van der Waals surface area contributed by atoms with Crippen LogP contribution in [-0.4, -0.2) is 39.3 Å². The van der Waals surface area contributed by atoms with E-state index in [1.165, 1.54) is 11.3 Å². The van der Waals surface area contributed by atoms with E-state index in [4.69, 9.17) is 14.2 Å². The average Bonchev–Trinajstić information content (AvgIpc) is 3.14. The topological polar surface area (TPSA) is 60.9 Å². The molecule has 3 rings (SSSR count). The zero-order valence-electron chi connectivity index (χ0n) is 15.8. The first-order chi connectivity index (χ1) is 13.1. The lowest BCUT2D eigenvalue weighted by Crippen LogP contribution is -2.26. The molecular formula is C20H22N2O4S. The Balaban J connectivity index is 1.73. The van der Waals surface area contributed by atoms with Crippen LogP contribution in [0.1, 0.15) is 12.0 Å². The maximum atomic E-state index is 12.6. The molecule has 0 fully saturated rings. The Bertz CT molecular complexity index is 896. The van der Waals surface area contributed by atoms with Crippen molar-refractivity contribution in [1.29, 1.82) is 0 Å². The molecule has 0 saturated carbocycles. The number of fused-ring (bicyclic) bond motifs is 1. The molecule has 3 aromatic rings. The fraction of sp³-hybridized carbons (Fsp3) is 0.300. The largest absolute Gasteiger partial charge is 0.493 e. The van der Waals surface area contributed by atoms with Gasteiger partial charge in [-0.05, 0) is 36.2 Å². The SMILES string of the molecule is COc1cc(CCC(=O)N(C)c2nc3ccccc3s2)cc(OC)c1OC. The first kappa shape index (κ1) is 19.0. The third-order valence-electron chi connectivity index (χ3n) is 4.30. The monoisotopic (exact) mass is 386 g/mol. The van der Waals surface area contributed by atoms with Gasteiger partial charge in [-0.25, -0.2) is 4.98 Å². The summed E-state index contributed by atoms with van der Waals surface area (Å²) in [4.78, 5) is 18.8. The standard InChI is InChI=1S/C20H22N2O4S/c1-22(20-21-14-7-5-6-8-17(14)27-20)18(23)10-9-13-11-15(24-2)19(26-4)16(12-13)25-3/h5-8,11-12H,9-10H2,1-4H3. The van der Waals surface area contributed by atoms with Crippen molar-refractivity contribution in [3.8, 4) is 17.2 Å². The predicted molar refractivity (Wildman–Crippen MR) is 107 cm³/mol. The van der Waals surface area contributed by atoms with Gasteiger partial charge in [-0.1, -0.05) is 23.5 Å². The second-order valence-corrected chi connectivity index (χ2v) is 6.96. The van der Waals surface area contributed by atoms with Crippen LogP contribution >= 0.6 is 11.3 Å². The van der Waals surface area contributed by atoms with E-state index in [1.807, 2.05) is 36.4 Å². The summed E-state index contributed by atoms with van der Waals surface area (Å²) in [5.74, 6) is 1.71. The van der Waals surface area contributed by atoms with E-state index < -0.39 is 0 Å². The van der Waals surface area contributed by atoms with Crippen LogP contribution in [-0.2, 0) is 11.2 Å². The summed E-state index contributed by atoms with van der Waals surface area (Å²) in [6, 6.07) is 11.6. The molecule has 0 saturated heterocycles. The van der Waals surface area contributed by atoms with Crippen LogP contribution in [0.15, 0.2) is 36.4 Å². The number of benzene rings is 2. The van der Waals surface area contributed by atoms with Gasteiger partial charge in [0.05, 0.1) is 31.5 Å². The molecule has 1 heterocycles. The minimum atomic E-state index is 0.00260. The summed E-state index contributed by atoms with van der Waals surface area (Å²) in [5, 5.41) is 0.700. The number of hydrogen-bond donors (Lipinski definition) is 0. The molecule has 0 spiro atoms. The van der Waals surface area contributed by atoms with Crippen molar-refractivity contribution >= 4 is 32.6 Å². The average molecular weight is 386 g/mol. The maximum absolute atomic E-state index is 12.6. The van der Waals surface area contributed by atoms with Crippen LogP contribution in [0.5, 0.6) is 17.2 Å². The van der Waals surface area contributed by atoms with Crippen molar-refractivity contribution in [2.24, 2.45) is 0 Å². The summed E-state index contributed by atoms with van der Waals surface area (Å²) in [7, 11) is 6.48. The Hall–Kier alpha value is -2.80. The normalized spacial score (nSPS) is 10.7. The van der Waals surface area contributed by atoms with Crippen LogP contribution in [0.2, 0.25) is 0 Å². The number of methoxy groups -OCH3 is 3. The highest BCUT2D eigenvalue weighted by atomic mass is 32.1. The minimum absolute atomic E-state index is 0.00260. The summed E-state index contributed by atoms with van der Waals surface area (Å²) in [5.41, 5.74) is 1.84. The number of para-hydroxylation sites is 1. The van der Waals surface area contributed by atoms with E-state index in [1.54, 1.807) is 33.3 Å². The second kappa shape index (κ2) is 8.26. The lowest BCUT2D eigenvalue weighted by molar-refractivity contribution is -0.118. The molecule has 0 aliphatic rings. The fourth-order valence-corrected chi connectivity index (χ4v) is 3.75.